The lowest BCUT2D eigenvalue weighted by Crippen LogP contribution is -2.41. The summed E-state index contributed by atoms with van der Waals surface area (Å²) in [4.78, 5) is 36.2. The molecule has 2 rings (SSSR count). The van der Waals surface area contributed by atoms with Crippen LogP contribution in [-0.2, 0) is 23.9 Å². The molecule has 2 heterocycles. The van der Waals surface area contributed by atoms with Crippen LogP contribution in [0.3, 0.4) is 0 Å². The second-order valence-electron chi connectivity index (χ2n) is 9.22. The lowest BCUT2D eigenvalue weighted by molar-refractivity contribution is -0.137. The minimum Gasteiger partial charge on any atom is -0.380 e. The first kappa shape index (κ1) is 25.8. The average Bonchev–Trinajstić information content (AvgIpc) is 3.32. The number of halogens is 1. The maximum Gasteiger partial charge on any atom is 0.253 e. The van der Waals surface area contributed by atoms with Crippen molar-refractivity contribution in [2.24, 2.45) is 10.8 Å². The van der Waals surface area contributed by atoms with Gasteiger partial charge in [0.25, 0.3) is 11.8 Å². The number of nitrogens with one attached hydrogen (secondary N) is 3. The van der Waals surface area contributed by atoms with E-state index in [0.717, 1.165) is 10.6 Å². The Labute approximate surface area is 188 Å². The highest BCUT2D eigenvalue weighted by Gasteiger charge is 2.30. The van der Waals surface area contributed by atoms with Crippen LogP contribution in [-0.4, -0.2) is 73.9 Å². The molecule has 0 spiro atoms. The van der Waals surface area contributed by atoms with Gasteiger partial charge in [0.05, 0.1) is 32.1 Å². The molecule has 0 saturated heterocycles. The quantitative estimate of drug-likeness (QED) is 0.258. The molecule has 32 heavy (non-hydrogen) atoms. The van der Waals surface area contributed by atoms with Crippen LogP contribution in [0.4, 0.5) is 4.39 Å². The fourth-order valence-electron chi connectivity index (χ4n) is 3.04. The number of carbonyl (C=O) groups excluding carboxylic acids is 3. The van der Waals surface area contributed by atoms with E-state index in [2.05, 4.69) is 16.3 Å². The Balaban J connectivity index is 1.68. The molecule has 11 heteroatoms. The third-order valence-corrected chi connectivity index (χ3v) is 5.08. The molecule has 2 aliphatic heterocycles. The molecule has 2 aliphatic rings. The van der Waals surface area contributed by atoms with Gasteiger partial charge in [-0.05, 0) is 0 Å². The molecule has 0 aromatic carbocycles. The van der Waals surface area contributed by atoms with Gasteiger partial charge >= 0.3 is 0 Å². The van der Waals surface area contributed by atoms with Gasteiger partial charge in [-0.25, -0.2) is 4.39 Å². The third-order valence-electron chi connectivity index (χ3n) is 5.08. The SMILES string of the molecule is CC(C)(CNC(=O)CCN1C(=O)C=CC1=O)COCC(C)(C)C1=CN(CCOCF)NN1. The smallest absolute Gasteiger partial charge is 0.253 e. The van der Waals surface area contributed by atoms with Crippen molar-refractivity contribution in [3.8, 4) is 0 Å². The summed E-state index contributed by atoms with van der Waals surface area (Å²) in [5, 5.41) is 4.63. The molecule has 0 saturated carbocycles. The summed E-state index contributed by atoms with van der Waals surface area (Å²) in [5.41, 5.74) is 6.41. The summed E-state index contributed by atoms with van der Waals surface area (Å²) < 4.78 is 22.7. The van der Waals surface area contributed by atoms with Gasteiger partial charge in [0.15, 0.2) is 6.86 Å². The number of alkyl halides is 1. The number of imide groups is 1. The van der Waals surface area contributed by atoms with Crippen LogP contribution in [0.1, 0.15) is 34.1 Å². The molecule has 0 atom stereocenters. The van der Waals surface area contributed by atoms with Crippen molar-refractivity contribution >= 4 is 17.7 Å². The number of ether oxygens (including phenoxy) is 2. The van der Waals surface area contributed by atoms with Crippen LogP contribution in [0, 0.1) is 10.8 Å². The van der Waals surface area contributed by atoms with Gasteiger partial charge in [-0.3, -0.25) is 24.3 Å². The molecule has 0 aromatic heterocycles. The minimum absolute atomic E-state index is 0.0584. The van der Waals surface area contributed by atoms with Crippen molar-refractivity contribution in [3.63, 3.8) is 0 Å². The fourth-order valence-corrected chi connectivity index (χ4v) is 3.04. The van der Waals surface area contributed by atoms with E-state index in [-0.39, 0.29) is 36.3 Å². The van der Waals surface area contributed by atoms with E-state index in [9.17, 15) is 18.8 Å². The highest BCUT2D eigenvalue weighted by molar-refractivity contribution is 6.13. The number of nitrogens with zero attached hydrogens (tertiary/aromatic N) is 2. The Kier molecular flexibility index (Phi) is 9.17. The third kappa shape index (κ3) is 7.88. The van der Waals surface area contributed by atoms with Gasteiger partial charge in [-0.15, -0.1) is 5.53 Å². The molecule has 3 amide bonds. The van der Waals surface area contributed by atoms with Crippen molar-refractivity contribution in [3.05, 3.63) is 24.0 Å². The summed E-state index contributed by atoms with van der Waals surface area (Å²) in [6.45, 7) is 9.37. The number of rotatable bonds is 14. The first-order chi connectivity index (χ1) is 15.0. The van der Waals surface area contributed by atoms with Gasteiger partial charge in [0.2, 0.25) is 5.91 Å². The molecule has 0 aromatic rings. The number of hydrogen-bond donors (Lipinski definition) is 3. The zero-order valence-corrected chi connectivity index (χ0v) is 19.2. The highest BCUT2D eigenvalue weighted by atomic mass is 19.1. The van der Waals surface area contributed by atoms with E-state index in [1.54, 1.807) is 5.01 Å². The summed E-state index contributed by atoms with van der Waals surface area (Å²) >= 11 is 0. The Morgan fingerprint density at radius 3 is 2.44 bits per heavy atom. The molecule has 3 N–H and O–H groups in total. The van der Waals surface area contributed by atoms with Crippen LogP contribution in [0.15, 0.2) is 24.0 Å². The summed E-state index contributed by atoms with van der Waals surface area (Å²) in [6, 6.07) is 0. The molecule has 10 nitrogen and oxygen atoms in total. The topological polar surface area (TPSA) is 112 Å². The molecular formula is C21H34FN5O5. The number of hydrazine groups is 2. The number of carbonyl (C=O) groups is 3. The Bertz CT molecular complexity index is 735. The maximum absolute atomic E-state index is 12.1. The molecule has 0 fully saturated rings. The van der Waals surface area contributed by atoms with E-state index in [1.807, 2.05) is 33.9 Å². The summed E-state index contributed by atoms with van der Waals surface area (Å²) in [6.07, 6.45) is 4.37. The first-order valence-corrected chi connectivity index (χ1v) is 10.6. The van der Waals surface area contributed by atoms with Crippen LogP contribution in [0.5, 0.6) is 0 Å². The van der Waals surface area contributed by atoms with Crippen molar-refractivity contribution in [2.45, 2.75) is 34.1 Å². The van der Waals surface area contributed by atoms with Gasteiger partial charge in [0.1, 0.15) is 0 Å². The number of amides is 3. The Morgan fingerprint density at radius 1 is 1.09 bits per heavy atom. The van der Waals surface area contributed by atoms with Crippen LogP contribution < -0.4 is 16.3 Å². The van der Waals surface area contributed by atoms with Crippen molar-refractivity contribution in [1.29, 1.82) is 0 Å². The lowest BCUT2D eigenvalue weighted by atomic mass is 9.90. The second-order valence-corrected chi connectivity index (χ2v) is 9.22. The molecule has 180 valence electrons. The van der Waals surface area contributed by atoms with E-state index < -0.39 is 18.7 Å². The zero-order chi connectivity index (χ0) is 23.8. The van der Waals surface area contributed by atoms with Crippen molar-refractivity contribution < 1.29 is 28.2 Å². The first-order valence-electron chi connectivity index (χ1n) is 10.6. The maximum atomic E-state index is 12.1. The highest BCUT2D eigenvalue weighted by Crippen LogP contribution is 2.27. The molecule has 0 unspecified atom stereocenters. The van der Waals surface area contributed by atoms with Crippen LogP contribution in [0.25, 0.3) is 0 Å². The average molecular weight is 456 g/mol. The standard InChI is InChI=1S/C21H34FN5O5/c1-20(2,12-23-17(28)7-8-27-18(29)5-6-19(27)30)13-32-14-21(3,4)16-11-26(25-24-16)9-10-31-15-22/h5-6,11,24-25H,7-10,12-15H2,1-4H3,(H,23,28). The Hall–Kier alpha value is -2.50. The Morgan fingerprint density at radius 2 is 1.78 bits per heavy atom. The zero-order valence-electron chi connectivity index (χ0n) is 19.2. The summed E-state index contributed by atoms with van der Waals surface area (Å²) in [5.74, 6) is -1.01. The summed E-state index contributed by atoms with van der Waals surface area (Å²) in [7, 11) is 0. The lowest BCUT2D eigenvalue weighted by Gasteiger charge is -2.29. The van der Waals surface area contributed by atoms with E-state index in [0.29, 0.717) is 26.3 Å². The fraction of sp³-hybridized carbons (Fsp3) is 0.667. The van der Waals surface area contributed by atoms with Gasteiger partial charge in [-0.2, -0.15) is 0 Å². The predicted molar refractivity (Wildman–Crippen MR) is 115 cm³/mol. The van der Waals surface area contributed by atoms with Crippen molar-refractivity contribution in [1.82, 2.24) is 26.2 Å². The van der Waals surface area contributed by atoms with Gasteiger partial charge in [0, 0.05) is 48.7 Å². The molecule has 0 aliphatic carbocycles. The van der Waals surface area contributed by atoms with Crippen molar-refractivity contribution in [2.75, 3.05) is 46.3 Å². The van der Waals surface area contributed by atoms with Crippen LogP contribution >= 0.6 is 0 Å². The van der Waals surface area contributed by atoms with E-state index >= 15 is 0 Å². The molecule has 0 bridgehead atoms. The minimum atomic E-state index is -0.803. The predicted octanol–water partition coefficient (Wildman–Crippen LogP) is 0.597. The monoisotopic (exact) mass is 455 g/mol. The van der Waals surface area contributed by atoms with E-state index in [1.165, 1.54) is 12.2 Å². The number of hydrogen-bond acceptors (Lipinski definition) is 8. The van der Waals surface area contributed by atoms with Crippen LogP contribution in [0.2, 0.25) is 0 Å². The van der Waals surface area contributed by atoms with Gasteiger partial charge in [-0.1, -0.05) is 27.7 Å². The van der Waals surface area contributed by atoms with E-state index in [4.69, 9.17) is 9.47 Å². The molecule has 0 radical (unpaired) electrons. The van der Waals surface area contributed by atoms with Gasteiger partial charge < -0.3 is 20.2 Å². The second kappa shape index (κ2) is 11.4. The largest absolute Gasteiger partial charge is 0.380 e. The normalized spacial score (nSPS) is 16.6. The molecular weight excluding hydrogens is 421 g/mol.